The Morgan fingerprint density at radius 2 is 1.67 bits per heavy atom. The van der Waals surface area contributed by atoms with Crippen LogP contribution in [0.4, 0.5) is 0 Å². The van der Waals surface area contributed by atoms with Crippen LogP contribution in [0.1, 0.15) is 25.7 Å². The number of rotatable bonds is 1. The summed E-state index contributed by atoms with van der Waals surface area (Å²) in [5.41, 5.74) is 0. The molecular weight excluding hydrogens is 112 g/mol. The van der Waals surface area contributed by atoms with Crippen molar-refractivity contribution in [3.05, 3.63) is 0 Å². The Morgan fingerprint density at radius 1 is 1.11 bits per heavy atom. The summed E-state index contributed by atoms with van der Waals surface area (Å²) in [6.07, 6.45) is 6.42. The number of methoxy groups -OCH3 is 1. The first-order valence-electron chi connectivity index (χ1n) is 3.96. The average molecular weight is 126 g/mol. The molecule has 0 saturated heterocycles. The molecule has 2 aliphatic rings. The van der Waals surface area contributed by atoms with Gasteiger partial charge in [-0.2, -0.15) is 0 Å². The summed E-state index contributed by atoms with van der Waals surface area (Å²) < 4.78 is 5.31. The Balaban J connectivity index is 1.91. The fourth-order valence-corrected chi connectivity index (χ4v) is 2.28. The Bertz CT molecular complexity index is 92.4. The molecule has 0 aromatic carbocycles. The summed E-state index contributed by atoms with van der Waals surface area (Å²) in [6.45, 7) is 0. The highest BCUT2D eigenvalue weighted by Gasteiger charge is 2.50. The first kappa shape index (κ1) is 5.72. The Kier molecular flexibility index (Phi) is 1.26. The van der Waals surface area contributed by atoms with Gasteiger partial charge in [0.2, 0.25) is 0 Å². The molecule has 0 radical (unpaired) electrons. The van der Waals surface area contributed by atoms with Crippen molar-refractivity contribution in [2.75, 3.05) is 7.11 Å². The Labute approximate surface area is 56.4 Å². The fourth-order valence-electron chi connectivity index (χ4n) is 2.28. The Hall–Kier alpha value is -0.0400. The largest absolute Gasteiger partial charge is 0.381 e. The molecule has 2 rings (SSSR count). The second kappa shape index (κ2) is 1.98. The van der Waals surface area contributed by atoms with Crippen LogP contribution >= 0.6 is 0 Å². The van der Waals surface area contributed by atoms with Gasteiger partial charge >= 0.3 is 0 Å². The predicted molar refractivity (Wildman–Crippen MR) is 36.2 cm³/mol. The van der Waals surface area contributed by atoms with Crippen molar-refractivity contribution in [2.24, 2.45) is 11.8 Å². The molecule has 2 saturated carbocycles. The van der Waals surface area contributed by atoms with Crippen molar-refractivity contribution < 1.29 is 4.74 Å². The van der Waals surface area contributed by atoms with Crippen LogP contribution in [-0.2, 0) is 4.74 Å². The van der Waals surface area contributed by atoms with E-state index in [1.54, 1.807) is 0 Å². The van der Waals surface area contributed by atoms with Gasteiger partial charge in [-0.15, -0.1) is 0 Å². The molecule has 52 valence electrons. The van der Waals surface area contributed by atoms with Crippen molar-refractivity contribution in [1.82, 2.24) is 0 Å². The van der Waals surface area contributed by atoms with Crippen molar-refractivity contribution >= 4 is 0 Å². The fraction of sp³-hybridized carbons (Fsp3) is 1.00. The summed E-state index contributed by atoms with van der Waals surface area (Å²) in [5.74, 6) is 1.92. The summed E-state index contributed by atoms with van der Waals surface area (Å²) >= 11 is 0. The van der Waals surface area contributed by atoms with E-state index in [2.05, 4.69) is 0 Å². The zero-order valence-electron chi connectivity index (χ0n) is 5.97. The third kappa shape index (κ3) is 0.787. The maximum absolute atomic E-state index is 5.31. The van der Waals surface area contributed by atoms with Crippen LogP contribution in [0.5, 0.6) is 0 Å². The van der Waals surface area contributed by atoms with Gasteiger partial charge in [0.05, 0.1) is 6.10 Å². The third-order valence-corrected chi connectivity index (χ3v) is 2.85. The smallest absolute Gasteiger partial charge is 0.0634 e. The molecule has 0 spiro atoms. The highest BCUT2D eigenvalue weighted by molar-refractivity contribution is 5.00. The molecular formula is C8H14O. The van der Waals surface area contributed by atoms with E-state index in [9.17, 15) is 0 Å². The van der Waals surface area contributed by atoms with E-state index in [-0.39, 0.29) is 0 Å². The zero-order valence-corrected chi connectivity index (χ0v) is 5.97. The minimum absolute atomic E-state index is 0.660. The van der Waals surface area contributed by atoms with Crippen molar-refractivity contribution in [3.63, 3.8) is 0 Å². The first-order valence-corrected chi connectivity index (χ1v) is 3.96. The van der Waals surface area contributed by atoms with Gasteiger partial charge in [-0.3, -0.25) is 0 Å². The van der Waals surface area contributed by atoms with E-state index >= 15 is 0 Å². The monoisotopic (exact) mass is 126 g/mol. The predicted octanol–water partition coefficient (Wildman–Crippen LogP) is 1.82. The number of ether oxygens (including phenoxy) is 1. The minimum atomic E-state index is 0.660. The van der Waals surface area contributed by atoms with Crippen molar-refractivity contribution in [2.45, 2.75) is 31.8 Å². The number of hydrogen-bond acceptors (Lipinski definition) is 1. The second-order valence-electron chi connectivity index (χ2n) is 3.31. The van der Waals surface area contributed by atoms with Gasteiger partial charge in [0, 0.05) is 7.11 Å². The molecule has 1 heteroatoms. The van der Waals surface area contributed by atoms with Gasteiger partial charge in [0.25, 0.3) is 0 Å². The molecule has 1 unspecified atom stereocenters. The minimum Gasteiger partial charge on any atom is -0.381 e. The molecule has 0 bridgehead atoms. The van der Waals surface area contributed by atoms with Crippen LogP contribution in [0, 0.1) is 11.8 Å². The highest BCUT2D eigenvalue weighted by Crippen LogP contribution is 2.51. The van der Waals surface area contributed by atoms with Crippen molar-refractivity contribution in [3.8, 4) is 0 Å². The topological polar surface area (TPSA) is 9.23 Å². The van der Waals surface area contributed by atoms with E-state index in [0.29, 0.717) is 6.10 Å². The summed E-state index contributed by atoms with van der Waals surface area (Å²) in [7, 11) is 1.85. The van der Waals surface area contributed by atoms with Gasteiger partial charge in [-0.05, 0) is 24.7 Å². The van der Waals surface area contributed by atoms with E-state index in [4.69, 9.17) is 4.74 Å². The average Bonchev–Trinajstić information content (AvgIpc) is 2.60. The van der Waals surface area contributed by atoms with Gasteiger partial charge in [-0.1, -0.05) is 12.8 Å². The molecule has 2 fully saturated rings. The van der Waals surface area contributed by atoms with Crippen LogP contribution in [-0.4, -0.2) is 13.2 Å². The van der Waals surface area contributed by atoms with Crippen LogP contribution in [0.15, 0.2) is 0 Å². The normalized spacial score (nSPS) is 48.3. The molecule has 2 aliphatic carbocycles. The molecule has 0 heterocycles. The lowest BCUT2D eigenvalue weighted by Crippen LogP contribution is -1.91. The maximum Gasteiger partial charge on any atom is 0.0634 e. The standard InChI is InChI=1S/C8H14O/c1-9-8-6-4-2-3-5-7(6)8/h6-8H,2-5H2,1H3/t6-,7+,8?. The molecule has 0 aliphatic heterocycles. The summed E-state index contributed by atoms with van der Waals surface area (Å²) in [4.78, 5) is 0. The van der Waals surface area contributed by atoms with Crippen LogP contribution in [0.3, 0.4) is 0 Å². The van der Waals surface area contributed by atoms with Crippen LogP contribution in [0.25, 0.3) is 0 Å². The Morgan fingerprint density at radius 3 is 2.11 bits per heavy atom. The SMILES string of the molecule is COC1[C@H]2CCCC[C@@H]12. The van der Waals surface area contributed by atoms with Gasteiger partial charge < -0.3 is 4.74 Å². The summed E-state index contributed by atoms with van der Waals surface area (Å²) in [6, 6.07) is 0. The number of hydrogen-bond donors (Lipinski definition) is 0. The quantitative estimate of drug-likeness (QED) is 0.520. The molecule has 0 N–H and O–H groups in total. The molecule has 9 heavy (non-hydrogen) atoms. The van der Waals surface area contributed by atoms with Crippen LogP contribution < -0.4 is 0 Å². The lowest BCUT2D eigenvalue weighted by atomic mass is 10.0. The number of fused-ring (bicyclic) bond motifs is 1. The zero-order chi connectivity index (χ0) is 6.27. The first-order chi connectivity index (χ1) is 4.43. The van der Waals surface area contributed by atoms with Crippen molar-refractivity contribution in [1.29, 1.82) is 0 Å². The lowest BCUT2D eigenvalue weighted by Gasteiger charge is -2.04. The van der Waals surface area contributed by atoms with E-state index in [1.807, 2.05) is 7.11 Å². The maximum atomic E-state index is 5.31. The molecule has 0 aromatic heterocycles. The van der Waals surface area contributed by atoms with Gasteiger partial charge in [0.15, 0.2) is 0 Å². The summed E-state index contributed by atoms with van der Waals surface area (Å²) in [5, 5.41) is 0. The second-order valence-corrected chi connectivity index (χ2v) is 3.31. The highest BCUT2D eigenvalue weighted by atomic mass is 16.5. The van der Waals surface area contributed by atoms with Gasteiger partial charge in [0.1, 0.15) is 0 Å². The van der Waals surface area contributed by atoms with Gasteiger partial charge in [-0.25, -0.2) is 0 Å². The van der Waals surface area contributed by atoms with E-state index < -0.39 is 0 Å². The molecule has 0 aromatic rings. The van der Waals surface area contributed by atoms with E-state index in [0.717, 1.165) is 11.8 Å². The molecule has 3 atom stereocenters. The molecule has 0 amide bonds. The van der Waals surface area contributed by atoms with Crippen LogP contribution in [0.2, 0.25) is 0 Å². The van der Waals surface area contributed by atoms with E-state index in [1.165, 1.54) is 25.7 Å². The third-order valence-electron chi connectivity index (χ3n) is 2.85. The molecule has 1 nitrogen and oxygen atoms in total. The lowest BCUT2D eigenvalue weighted by molar-refractivity contribution is 0.160.